The number of hydrogen-bond acceptors (Lipinski definition) is 3. The molecule has 0 aliphatic carbocycles. The van der Waals surface area contributed by atoms with Crippen molar-refractivity contribution >= 4 is 0 Å². The number of aromatic hydroxyl groups is 1. The molecule has 76 valence electrons. The molecule has 3 nitrogen and oxygen atoms in total. The maximum Gasteiger partial charge on any atom is 0.120 e. The lowest BCUT2D eigenvalue weighted by Gasteiger charge is -2.11. The van der Waals surface area contributed by atoms with Crippen molar-refractivity contribution in [2.75, 3.05) is 6.61 Å². The first-order valence-electron chi connectivity index (χ1n) is 4.53. The smallest absolute Gasteiger partial charge is 0.120 e. The van der Waals surface area contributed by atoms with Gasteiger partial charge in [0.15, 0.2) is 0 Å². The fourth-order valence-electron chi connectivity index (χ4n) is 1.18. The maximum atomic E-state index is 9.52. The highest BCUT2D eigenvalue weighted by Gasteiger charge is 2.08. The van der Waals surface area contributed by atoms with Gasteiger partial charge in [0.1, 0.15) is 11.5 Å². The highest BCUT2D eigenvalue weighted by molar-refractivity contribution is 5.42. The van der Waals surface area contributed by atoms with Crippen LogP contribution >= 0.6 is 0 Å². The van der Waals surface area contributed by atoms with Crippen molar-refractivity contribution < 1.29 is 9.84 Å². The molecule has 0 spiro atoms. The summed E-state index contributed by atoms with van der Waals surface area (Å²) in [5, 5.41) is 9.52. The van der Waals surface area contributed by atoms with Gasteiger partial charge in [0.05, 0.1) is 12.6 Å². The third kappa shape index (κ3) is 2.26. The predicted molar refractivity (Wildman–Crippen MR) is 56.4 cm³/mol. The Morgan fingerprint density at radius 2 is 2.36 bits per heavy atom. The van der Waals surface area contributed by atoms with Gasteiger partial charge in [-0.3, -0.25) is 0 Å². The number of ether oxygens (including phenoxy) is 1. The second kappa shape index (κ2) is 4.67. The van der Waals surface area contributed by atoms with Crippen molar-refractivity contribution in [1.29, 1.82) is 0 Å². The molecule has 3 N–H and O–H groups in total. The van der Waals surface area contributed by atoms with Crippen LogP contribution in [-0.2, 0) is 0 Å². The van der Waals surface area contributed by atoms with Crippen molar-refractivity contribution in [2.24, 2.45) is 5.73 Å². The Bertz CT molecular complexity index is 323. The minimum absolute atomic E-state index is 0.167. The summed E-state index contributed by atoms with van der Waals surface area (Å²) in [7, 11) is 0. The molecule has 1 aromatic carbocycles. The van der Waals surface area contributed by atoms with Crippen LogP contribution in [0.2, 0.25) is 0 Å². The molecule has 0 fully saturated rings. The van der Waals surface area contributed by atoms with Crippen molar-refractivity contribution in [3.05, 3.63) is 36.4 Å². The molecule has 0 aromatic heterocycles. The number of rotatable bonds is 4. The topological polar surface area (TPSA) is 55.5 Å². The van der Waals surface area contributed by atoms with Gasteiger partial charge in [0.2, 0.25) is 0 Å². The summed E-state index contributed by atoms with van der Waals surface area (Å²) in [5.74, 6) is 0.874. The van der Waals surface area contributed by atoms with Crippen LogP contribution in [0, 0.1) is 0 Å². The van der Waals surface area contributed by atoms with E-state index in [2.05, 4.69) is 6.58 Å². The Balaban J connectivity index is 3.01. The van der Waals surface area contributed by atoms with Crippen molar-refractivity contribution in [2.45, 2.75) is 13.0 Å². The molecule has 0 saturated carbocycles. The van der Waals surface area contributed by atoms with E-state index in [-0.39, 0.29) is 11.8 Å². The SMILES string of the molecule is C=C[C@@H](N)c1cc(OCC)ccc1O. The van der Waals surface area contributed by atoms with E-state index in [9.17, 15) is 5.11 Å². The van der Waals surface area contributed by atoms with Gasteiger partial charge in [-0.05, 0) is 25.1 Å². The Kier molecular flexibility index (Phi) is 3.54. The molecule has 0 unspecified atom stereocenters. The Labute approximate surface area is 83.8 Å². The standard InChI is InChI=1S/C11H15NO2/c1-3-10(12)9-7-8(14-4-2)5-6-11(9)13/h3,5-7,10,13H,1,4,12H2,2H3/t10-/m1/s1. The number of phenols is 1. The van der Waals surface area contributed by atoms with E-state index in [0.717, 1.165) is 0 Å². The van der Waals surface area contributed by atoms with Crippen LogP contribution < -0.4 is 10.5 Å². The third-order valence-corrected chi connectivity index (χ3v) is 1.92. The molecule has 3 heteroatoms. The second-order valence-corrected chi connectivity index (χ2v) is 2.92. The van der Waals surface area contributed by atoms with E-state index in [1.165, 1.54) is 0 Å². The molecule has 0 aliphatic heterocycles. The first-order chi connectivity index (χ1) is 6.69. The zero-order chi connectivity index (χ0) is 10.6. The summed E-state index contributed by atoms with van der Waals surface area (Å²) in [6.07, 6.45) is 1.57. The minimum Gasteiger partial charge on any atom is -0.508 e. The van der Waals surface area contributed by atoms with E-state index in [4.69, 9.17) is 10.5 Å². The summed E-state index contributed by atoms with van der Waals surface area (Å²) < 4.78 is 5.30. The van der Waals surface area contributed by atoms with Crippen LogP contribution in [-0.4, -0.2) is 11.7 Å². The lowest BCUT2D eigenvalue weighted by atomic mass is 10.1. The summed E-state index contributed by atoms with van der Waals surface area (Å²) >= 11 is 0. The van der Waals surface area contributed by atoms with Crippen LogP contribution in [0.1, 0.15) is 18.5 Å². The van der Waals surface area contributed by atoms with Gasteiger partial charge in [0.25, 0.3) is 0 Å². The van der Waals surface area contributed by atoms with E-state index in [1.807, 2.05) is 6.92 Å². The molecule has 0 heterocycles. The second-order valence-electron chi connectivity index (χ2n) is 2.92. The molecular formula is C11H15NO2. The van der Waals surface area contributed by atoms with Crippen LogP contribution in [0.3, 0.4) is 0 Å². The van der Waals surface area contributed by atoms with Gasteiger partial charge in [-0.1, -0.05) is 6.08 Å². The number of hydrogen-bond donors (Lipinski definition) is 2. The molecule has 1 rings (SSSR count). The van der Waals surface area contributed by atoms with E-state index in [1.54, 1.807) is 24.3 Å². The lowest BCUT2D eigenvalue weighted by molar-refractivity contribution is 0.338. The van der Waals surface area contributed by atoms with E-state index >= 15 is 0 Å². The molecule has 1 atom stereocenters. The fourth-order valence-corrected chi connectivity index (χ4v) is 1.18. The zero-order valence-electron chi connectivity index (χ0n) is 8.23. The average molecular weight is 193 g/mol. The average Bonchev–Trinajstić information content (AvgIpc) is 2.20. The highest BCUT2D eigenvalue weighted by atomic mass is 16.5. The molecule has 1 aromatic rings. The largest absolute Gasteiger partial charge is 0.508 e. The third-order valence-electron chi connectivity index (χ3n) is 1.92. The summed E-state index contributed by atoms with van der Waals surface area (Å²) in [6.45, 7) is 6.07. The van der Waals surface area contributed by atoms with Gasteiger partial charge >= 0.3 is 0 Å². The Morgan fingerprint density at radius 3 is 2.93 bits per heavy atom. The maximum absolute atomic E-state index is 9.52. The first-order valence-corrected chi connectivity index (χ1v) is 4.53. The Morgan fingerprint density at radius 1 is 1.64 bits per heavy atom. The molecule has 0 bridgehead atoms. The van der Waals surface area contributed by atoms with Crippen LogP contribution in [0.15, 0.2) is 30.9 Å². The molecule has 0 radical (unpaired) electrons. The Hall–Kier alpha value is -1.48. The predicted octanol–water partition coefficient (Wildman–Crippen LogP) is 1.98. The van der Waals surface area contributed by atoms with Crippen LogP contribution in [0.4, 0.5) is 0 Å². The molecule has 0 saturated heterocycles. The number of phenolic OH excluding ortho intramolecular Hbond substituents is 1. The van der Waals surface area contributed by atoms with Crippen LogP contribution in [0.25, 0.3) is 0 Å². The van der Waals surface area contributed by atoms with Crippen molar-refractivity contribution in [3.8, 4) is 11.5 Å². The summed E-state index contributed by atoms with van der Waals surface area (Å²) in [4.78, 5) is 0. The van der Waals surface area contributed by atoms with Gasteiger partial charge in [-0.2, -0.15) is 0 Å². The van der Waals surface area contributed by atoms with E-state index < -0.39 is 0 Å². The van der Waals surface area contributed by atoms with Crippen LogP contribution in [0.5, 0.6) is 11.5 Å². The normalized spacial score (nSPS) is 12.1. The van der Waals surface area contributed by atoms with Gasteiger partial charge < -0.3 is 15.6 Å². The van der Waals surface area contributed by atoms with Crippen molar-refractivity contribution in [3.63, 3.8) is 0 Å². The molecule has 0 amide bonds. The summed E-state index contributed by atoms with van der Waals surface area (Å²) in [5.41, 5.74) is 6.36. The number of benzene rings is 1. The molecule has 14 heavy (non-hydrogen) atoms. The van der Waals surface area contributed by atoms with Crippen molar-refractivity contribution in [1.82, 2.24) is 0 Å². The highest BCUT2D eigenvalue weighted by Crippen LogP contribution is 2.27. The first kappa shape index (κ1) is 10.6. The fraction of sp³-hybridized carbons (Fsp3) is 0.273. The minimum atomic E-state index is -0.365. The molecular weight excluding hydrogens is 178 g/mol. The van der Waals surface area contributed by atoms with Gasteiger partial charge in [0, 0.05) is 5.56 Å². The lowest BCUT2D eigenvalue weighted by Crippen LogP contribution is -2.07. The number of nitrogens with two attached hydrogens (primary N) is 1. The summed E-state index contributed by atoms with van der Waals surface area (Å²) in [6, 6.07) is 4.64. The molecule has 0 aliphatic rings. The van der Waals surface area contributed by atoms with Gasteiger partial charge in [-0.15, -0.1) is 6.58 Å². The monoisotopic (exact) mass is 193 g/mol. The zero-order valence-corrected chi connectivity index (χ0v) is 8.23. The van der Waals surface area contributed by atoms with Gasteiger partial charge in [-0.25, -0.2) is 0 Å². The van der Waals surface area contributed by atoms with E-state index in [0.29, 0.717) is 17.9 Å². The quantitative estimate of drug-likeness (QED) is 0.719.